The molecule has 2 rings (SSSR count). The first-order valence-corrected chi connectivity index (χ1v) is 10.5. The summed E-state index contributed by atoms with van der Waals surface area (Å²) in [6.45, 7) is 2.02. The van der Waals surface area contributed by atoms with Crippen LogP contribution in [0.15, 0.2) is 24.3 Å². The van der Waals surface area contributed by atoms with Gasteiger partial charge in [0, 0.05) is 37.9 Å². The summed E-state index contributed by atoms with van der Waals surface area (Å²) in [7, 11) is 1.51. The van der Waals surface area contributed by atoms with Crippen LogP contribution in [0, 0.1) is 0 Å². The second-order valence-electron chi connectivity index (χ2n) is 7.00. The lowest BCUT2D eigenvalue weighted by Crippen LogP contribution is -2.34. The van der Waals surface area contributed by atoms with Crippen molar-refractivity contribution in [1.29, 1.82) is 0 Å². The topological polar surface area (TPSA) is 97.0 Å². The van der Waals surface area contributed by atoms with Crippen LogP contribution in [0.3, 0.4) is 0 Å². The van der Waals surface area contributed by atoms with Crippen molar-refractivity contribution in [2.45, 2.75) is 38.5 Å². The minimum Gasteiger partial charge on any atom is -0.463 e. The van der Waals surface area contributed by atoms with Crippen LogP contribution in [0.5, 0.6) is 0 Å². The van der Waals surface area contributed by atoms with Crippen molar-refractivity contribution < 1.29 is 23.9 Å². The number of hydrogen-bond acceptors (Lipinski definition) is 6. The second kappa shape index (κ2) is 12.9. The highest BCUT2D eigenvalue weighted by Crippen LogP contribution is 2.16. The van der Waals surface area contributed by atoms with Crippen LogP contribution in [-0.4, -0.2) is 61.2 Å². The highest BCUT2D eigenvalue weighted by Gasteiger charge is 2.17. The number of hydrogen-bond donors (Lipinski definition) is 2. The van der Waals surface area contributed by atoms with Crippen LogP contribution < -0.4 is 10.6 Å². The molecule has 1 saturated heterocycles. The van der Waals surface area contributed by atoms with Crippen LogP contribution in [-0.2, 0) is 19.1 Å². The molecule has 2 N–H and O–H groups in total. The standard InChI is InChI=1S/C21H29N3O5S/c1-28-13-14-29-19(26)10-9-18(25)23-21(30)22-17-8-6-7-16(15-17)20(27)24-11-4-2-3-5-12-24/h6-8,15H,2-5,9-14H2,1H3,(H2,22,23,25,30). The lowest BCUT2D eigenvalue weighted by Gasteiger charge is -2.20. The molecule has 1 aromatic carbocycles. The van der Waals surface area contributed by atoms with Crippen LogP contribution in [0.2, 0.25) is 0 Å². The third-order valence-electron chi connectivity index (χ3n) is 4.62. The second-order valence-corrected chi connectivity index (χ2v) is 7.41. The van der Waals surface area contributed by atoms with E-state index in [0.717, 1.165) is 38.8 Å². The van der Waals surface area contributed by atoms with E-state index in [-0.39, 0.29) is 30.5 Å². The number of esters is 1. The average molecular weight is 436 g/mol. The molecular formula is C21H29N3O5S. The Morgan fingerprint density at radius 2 is 1.80 bits per heavy atom. The summed E-state index contributed by atoms with van der Waals surface area (Å²) in [5.41, 5.74) is 1.19. The molecule has 0 bridgehead atoms. The van der Waals surface area contributed by atoms with Gasteiger partial charge in [0.1, 0.15) is 6.61 Å². The highest BCUT2D eigenvalue weighted by atomic mass is 32.1. The molecule has 2 amide bonds. The smallest absolute Gasteiger partial charge is 0.306 e. The van der Waals surface area contributed by atoms with E-state index in [4.69, 9.17) is 21.7 Å². The van der Waals surface area contributed by atoms with E-state index >= 15 is 0 Å². The number of carbonyl (C=O) groups is 3. The molecule has 0 radical (unpaired) electrons. The van der Waals surface area contributed by atoms with Crippen molar-refractivity contribution in [3.63, 3.8) is 0 Å². The Labute approximate surface area is 182 Å². The molecule has 30 heavy (non-hydrogen) atoms. The van der Waals surface area contributed by atoms with Crippen LogP contribution in [0.4, 0.5) is 5.69 Å². The first kappa shape index (κ1) is 23.8. The van der Waals surface area contributed by atoms with E-state index in [2.05, 4.69) is 10.6 Å². The predicted molar refractivity (Wildman–Crippen MR) is 117 cm³/mol. The van der Waals surface area contributed by atoms with E-state index in [1.54, 1.807) is 24.3 Å². The monoisotopic (exact) mass is 435 g/mol. The van der Waals surface area contributed by atoms with E-state index in [1.165, 1.54) is 7.11 Å². The fourth-order valence-corrected chi connectivity index (χ4v) is 3.30. The Hall–Kier alpha value is -2.52. The maximum absolute atomic E-state index is 12.8. The van der Waals surface area contributed by atoms with Gasteiger partial charge in [0.15, 0.2) is 5.11 Å². The summed E-state index contributed by atoms with van der Waals surface area (Å²) in [6.07, 6.45) is 4.28. The number of benzene rings is 1. The van der Waals surface area contributed by atoms with Gasteiger partial charge in [-0.2, -0.15) is 0 Å². The Morgan fingerprint density at radius 3 is 2.50 bits per heavy atom. The first-order chi connectivity index (χ1) is 14.5. The summed E-state index contributed by atoms with van der Waals surface area (Å²) < 4.78 is 9.68. The van der Waals surface area contributed by atoms with Crippen LogP contribution in [0.1, 0.15) is 48.9 Å². The predicted octanol–water partition coefficient (Wildman–Crippen LogP) is 2.49. The minimum absolute atomic E-state index is 0.00230. The fourth-order valence-electron chi connectivity index (χ4n) is 3.06. The van der Waals surface area contributed by atoms with Gasteiger partial charge in [-0.1, -0.05) is 18.9 Å². The molecule has 0 aromatic heterocycles. The normalized spacial score (nSPS) is 13.8. The number of likely N-dealkylation sites (tertiary alicyclic amines) is 1. The molecular weight excluding hydrogens is 406 g/mol. The molecule has 0 aliphatic carbocycles. The average Bonchev–Trinajstić information content (AvgIpc) is 3.01. The summed E-state index contributed by atoms with van der Waals surface area (Å²) in [5, 5.41) is 5.54. The number of methoxy groups -OCH3 is 1. The van der Waals surface area contributed by atoms with Gasteiger partial charge in [-0.25, -0.2) is 0 Å². The summed E-state index contributed by atoms with van der Waals surface area (Å²) in [4.78, 5) is 38.1. The van der Waals surface area contributed by atoms with E-state index < -0.39 is 11.9 Å². The molecule has 1 heterocycles. The van der Waals surface area contributed by atoms with Crippen molar-refractivity contribution in [3.8, 4) is 0 Å². The molecule has 0 atom stereocenters. The number of rotatable bonds is 8. The third-order valence-corrected chi connectivity index (χ3v) is 4.82. The fraction of sp³-hybridized carbons (Fsp3) is 0.524. The zero-order valence-corrected chi connectivity index (χ0v) is 18.1. The highest BCUT2D eigenvalue weighted by molar-refractivity contribution is 7.80. The van der Waals surface area contributed by atoms with E-state index in [1.807, 2.05) is 4.90 Å². The number of ether oxygens (including phenoxy) is 2. The maximum Gasteiger partial charge on any atom is 0.306 e. The zero-order valence-electron chi connectivity index (χ0n) is 17.3. The Balaban J connectivity index is 1.80. The maximum atomic E-state index is 12.8. The summed E-state index contributed by atoms with van der Waals surface area (Å²) in [5.74, 6) is -0.865. The lowest BCUT2D eigenvalue weighted by molar-refractivity contribution is -0.146. The van der Waals surface area contributed by atoms with Crippen LogP contribution in [0.25, 0.3) is 0 Å². The minimum atomic E-state index is -0.471. The number of amides is 2. The van der Waals surface area contributed by atoms with Crippen molar-refractivity contribution in [2.24, 2.45) is 0 Å². The van der Waals surface area contributed by atoms with Crippen LogP contribution >= 0.6 is 12.2 Å². The van der Waals surface area contributed by atoms with Gasteiger partial charge in [-0.3, -0.25) is 14.4 Å². The third kappa shape index (κ3) is 8.46. The van der Waals surface area contributed by atoms with Gasteiger partial charge in [0.25, 0.3) is 5.91 Å². The number of thiocarbonyl (C=S) groups is 1. The first-order valence-electron chi connectivity index (χ1n) is 10.1. The van der Waals surface area contributed by atoms with Crippen molar-refractivity contribution >= 4 is 40.8 Å². The largest absolute Gasteiger partial charge is 0.463 e. The van der Waals surface area contributed by atoms with Crippen molar-refractivity contribution in [2.75, 3.05) is 38.7 Å². The molecule has 1 aliphatic heterocycles. The molecule has 1 aromatic rings. The van der Waals surface area contributed by atoms with Gasteiger partial charge < -0.3 is 25.0 Å². The van der Waals surface area contributed by atoms with E-state index in [9.17, 15) is 14.4 Å². The number of carbonyl (C=O) groups excluding carboxylic acids is 3. The van der Waals surface area contributed by atoms with Gasteiger partial charge in [0.05, 0.1) is 13.0 Å². The number of anilines is 1. The Bertz CT molecular complexity index is 748. The van der Waals surface area contributed by atoms with E-state index in [0.29, 0.717) is 17.9 Å². The molecule has 0 unspecified atom stereocenters. The number of nitrogens with one attached hydrogen (secondary N) is 2. The lowest BCUT2D eigenvalue weighted by atomic mass is 10.1. The quantitative estimate of drug-likeness (QED) is 0.368. The molecule has 0 spiro atoms. The Morgan fingerprint density at radius 1 is 1.07 bits per heavy atom. The van der Waals surface area contributed by atoms with Gasteiger partial charge >= 0.3 is 5.97 Å². The van der Waals surface area contributed by atoms with Gasteiger partial charge in [-0.15, -0.1) is 0 Å². The van der Waals surface area contributed by atoms with Gasteiger partial charge in [0.2, 0.25) is 5.91 Å². The molecule has 1 fully saturated rings. The Kier molecular flexibility index (Phi) is 10.2. The molecule has 8 nitrogen and oxygen atoms in total. The zero-order chi connectivity index (χ0) is 21.8. The van der Waals surface area contributed by atoms with Gasteiger partial charge in [-0.05, 0) is 43.3 Å². The molecule has 164 valence electrons. The summed E-state index contributed by atoms with van der Waals surface area (Å²) in [6, 6.07) is 7.03. The van der Waals surface area contributed by atoms with Crippen molar-refractivity contribution in [3.05, 3.63) is 29.8 Å². The molecule has 9 heteroatoms. The SMILES string of the molecule is COCCOC(=O)CCC(=O)NC(=S)Nc1cccc(C(=O)N2CCCCCC2)c1. The van der Waals surface area contributed by atoms with Crippen molar-refractivity contribution in [1.82, 2.24) is 10.2 Å². The molecule has 1 aliphatic rings. The molecule has 0 saturated carbocycles. The summed E-state index contributed by atoms with van der Waals surface area (Å²) >= 11 is 5.16. The number of nitrogens with zero attached hydrogens (tertiary/aromatic N) is 1.